The summed E-state index contributed by atoms with van der Waals surface area (Å²) < 4.78 is 0. The standard InChI is InChI=1S/C18H15ClN2O3/c1-11-2-4-12(5-3-11)16(22)20-8-9-21-17(23)14-7-6-13(19)10-15(14)18(21)24/h2-7,10H,8-9H2,1H3,(H,20,22). The summed E-state index contributed by atoms with van der Waals surface area (Å²) in [6, 6.07) is 11.8. The zero-order valence-corrected chi connectivity index (χ0v) is 13.8. The summed E-state index contributed by atoms with van der Waals surface area (Å²) in [5.74, 6) is -0.993. The molecule has 3 rings (SSSR count). The van der Waals surface area contributed by atoms with E-state index in [0.29, 0.717) is 21.7 Å². The summed E-state index contributed by atoms with van der Waals surface area (Å²) in [6.45, 7) is 2.24. The van der Waals surface area contributed by atoms with Crippen molar-refractivity contribution < 1.29 is 14.4 Å². The Morgan fingerprint density at radius 2 is 1.71 bits per heavy atom. The number of carbonyl (C=O) groups excluding carboxylic acids is 3. The van der Waals surface area contributed by atoms with E-state index in [-0.39, 0.29) is 30.8 Å². The normalized spacial score (nSPS) is 13.2. The van der Waals surface area contributed by atoms with Gasteiger partial charge in [-0.25, -0.2) is 0 Å². The lowest BCUT2D eigenvalue weighted by atomic mass is 10.1. The maximum absolute atomic E-state index is 12.3. The zero-order valence-electron chi connectivity index (χ0n) is 13.0. The summed E-state index contributed by atoms with van der Waals surface area (Å²) in [7, 11) is 0. The van der Waals surface area contributed by atoms with Gasteiger partial charge in [-0.05, 0) is 37.3 Å². The molecule has 0 atom stereocenters. The minimum atomic E-state index is -0.387. The summed E-state index contributed by atoms with van der Waals surface area (Å²) in [5.41, 5.74) is 2.25. The number of hydrogen-bond acceptors (Lipinski definition) is 3. The molecule has 1 aliphatic heterocycles. The van der Waals surface area contributed by atoms with Gasteiger partial charge in [0.2, 0.25) is 0 Å². The molecule has 0 unspecified atom stereocenters. The van der Waals surface area contributed by atoms with Gasteiger partial charge in [0.15, 0.2) is 0 Å². The summed E-state index contributed by atoms with van der Waals surface area (Å²) in [4.78, 5) is 37.7. The van der Waals surface area contributed by atoms with Gasteiger partial charge < -0.3 is 5.32 Å². The topological polar surface area (TPSA) is 66.5 Å². The molecule has 6 heteroatoms. The minimum absolute atomic E-state index is 0.113. The van der Waals surface area contributed by atoms with E-state index < -0.39 is 0 Å². The lowest BCUT2D eigenvalue weighted by Gasteiger charge is -2.14. The van der Waals surface area contributed by atoms with E-state index in [1.807, 2.05) is 19.1 Å². The SMILES string of the molecule is Cc1ccc(C(=O)NCCN2C(=O)c3ccc(Cl)cc3C2=O)cc1. The molecule has 1 aliphatic rings. The molecule has 0 spiro atoms. The van der Waals surface area contributed by atoms with Crippen LogP contribution in [0.5, 0.6) is 0 Å². The van der Waals surface area contributed by atoms with Crippen LogP contribution in [0.4, 0.5) is 0 Å². The molecule has 2 aromatic rings. The van der Waals surface area contributed by atoms with Crippen LogP contribution in [-0.4, -0.2) is 35.7 Å². The lowest BCUT2D eigenvalue weighted by Crippen LogP contribution is -2.38. The fourth-order valence-corrected chi connectivity index (χ4v) is 2.73. The Morgan fingerprint density at radius 1 is 1.04 bits per heavy atom. The number of aryl methyl sites for hydroxylation is 1. The van der Waals surface area contributed by atoms with Gasteiger partial charge in [0.1, 0.15) is 0 Å². The van der Waals surface area contributed by atoms with Crippen LogP contribution in [0.15, 0.2) is 42.5 Å². The highest BCUT2D eigenvalue weighted by Gasteiger charge is 2.35. The van der Waals surface area contributed by atoms with Crippen molar-refractivity contribution in [3.05, 3.63) is 69.7 Å². The second-order valence-corrected chi connectivity index (χ2v) is 6.01. The summed E-state index contributed by atoms with van der Waals surface area (Å²) >= 11 is 5.87. The molecule has 24 heavy (non-hydrogen) atoms. The third kappa shape index (κ3) is 3.03. The van der Waals surface area contributed by atoms with Crippen molar-refractivity contribution in [3.8, 4) is 0 Å². The van der Waals surface area contributed by atoms with Gasteiger partial charge in [-0.3, -0.25) is 19.3 Å². The number of nitrogens with one attached hydrogen (secondary N) is 1. The summed E-state index contributed by atoms with van der Waals surface area (Å²) in [6.07, 6.45) is 0. The molecule has 0 radical (unpaired) electrons. The highest BCUT2D eigenvalue weighted by molar-refractivity contribution is 6.32. The Kier molecular flexibility index (Phi) is 4.36. The second kappa shape index (κ2) is 6.45. The van der Waals surface area contributed by atoms with E-state index in [1.54, 1.807) is 24.3 Å². The zero-order chi connectivity index (χ0) is 17.3. The monoisotopic (exact) mass is 342 g/mol. The van der Waals surface area contributed by atoms with Crippen LogP contribution in [0.1, 0.15) is 36.6 Å². The Hall–Kier alpha value is -2.66. The molecule has 5 nitrogen and oxygen atoms in total. The Morgan fingerprint density at radius 3 is 2.42 bits per heavy atom. The molecule has 122 valence electrons. The van der Waals surface area contributed by atoms with Crippen LogP contribution in [0.2, 0.25) is 5.02 Å². The largest absolute Gasteiger partial charge is 0.350 e. The number of carbonyl (C=O) groups is 3. The van der Waals surface area contributed by atoms with Crippen molar-refractivity contribution >= 4 is 29.3 Å². The van der Waals surface area contributed by atoms with Crippen molar-refractivity contribution in [2.45, 2.75) is 6.92 Å². The summed E-state index contributed by atoms with van der Waals surface area (Å²) in [5, 5.41) is 3.12. The van der Waals surface area contributed by atoms with Crippen LogP contribution in [0.25, 0.3) is 0 Å². The van der Waals surface area contributed by atoms with Crippen LogP contribution >= 0.6 is 11.6 Å². The fraction of sp³-hybridized carbons (Fsp3) is 0.167. The average Bonchev–Trinajstić information content (AvgIpc) is 2.79. The second-order valence-electron chi connectivity index (χ2n) is 5.57. The maximum atomic E-state index is 12.3. The first-order chi connectivity index (χ1) is 11.5. The highest BCUT2D eigenvalue weighted by Crippen LogP contribution is 2.25. The van der Waals surface area contributed by atoms with Gasteiger partial charge in [-0.1, -0.05) is 29.3 Å². The van der Waals surface area contributed by atoms with E-state index in [0.717, 1.165) is 10.5 Å². The van der Waals surface area contributed by atoms with Crippen molar-refractivity contribution in [2.75, 3.05) is 13.1 Å². The number of benzene rings is 2. The third-order valence-corrected chi connectivity index (χ3v) is 4.10. The Bertz CT molecular complexity index is 831. The minimum Gasteiger partial charge on any atom is -0.350 e. The number of imide groups is 1. The lowest BCUT2D eigenvalue weighted by molar-refractivity contribution is 0.0650. The molecular formula is C18H15ClN2O3. The van der Waals surface area contributed by atoms with Crippen LogP contribution < -0.4 is 5.32 Å². The van der Waals surface area contributed by atoms with Crippen molar-refractivity contribution in [1.29, 1.82) is 0 Å². The molecule has 1 N–H and O–H groups in total. The van der Waals surface area contributed by atoms with Crippen molar-refractivity contribution in [2.24, 2.45) is 0 Å². The third-order valence-electron chi connectivity index (χ3n) is 3.87. The molecule has 3 amide bonds. The van der Waals surface area contributed by atoms with Gasteiger partial charge in [-0.15, -0.1) is 0 Å². The molecule has 0 saturated carbocycles. The van der Waals surface area contributed by atoms with Crippen LogP contribution in [0, 0.1) is 6.92 Å². The first kappa shape index (κ1) is 16.2. The molecule has 0 aromatic heterocycles. The fourth-order valence-electron chi connectivity index (χ4n) is 2.55. The smallest absolute Gasteiger partial charge is 0.261 e. The first-order valence-electron chi connectivity index (χ1n) is 7.48. The predicted octanol–water partition coefficient (Wildman–Crippen LogP) is 2.67. The molecule has 0 fully saturated rings. The number of rotatable bonds is 4. The maximum Gasteiger partial charge on any atom is 0.261 e. The van der Waals surface area contributed by atoms with Crippen LogP contribution in [0.3, 0.4) is 0 Å². The molecular weight excluding hydrogens is 328 g/mol. The van der Waals surface area contributed by atoms with E-state index in [9.17, 15) is 14.4 Å². The van der Waals surface area contributed by atoms with E-state index >= 15 is 0 Å². The van der Waals surface area contributed by atoms with Gasteiger partial charge in [0.05, 0.1) is 11.1 Å². The van der Waals surface area contributed by atoms with Gasteiger partial charge in [0, 0.05) is 23.7 Å². The first-order valence-corrected chi connectivity index (χ1v) is 7.86. The molecule has 0 bridgehead atoms. The predicted molar refractivity (Wildman–Crippen MR) is 90.3 cm³/mol. The van der Waals surface area contributed by atoms with E-state index in [1.165, 1.54) is 6.07 Å². The molecule has 1 heterocycles. The average molecular weight is 343 g/mol. The van der Waals surface area contributed by atoms with E-state index in [4.69, 9.17) is 11.6 Å². The number of amides is 3. The van der Waals surface area contributed by atoms with Gasteiger partial charge in [0.25, 0.3) is 17.7 Å². The number of fused-ring (bicyclic) bond motifs is 1. The highest BCUT2D eigenvalue weighted by atomic mass is 35.5. The Balaban J connectivity index is 1.62. The molecule has 2 aromatic carbocycles. The molecule has 0 aliphatic carbocycles. The Labute approximate surface area is 144 Å². The van der Waals surface area contributed by atoms with Crippen LogP contribution in [-0.2, 0) is 0 Å². The van der Waals surface area contributed by atoms with Crippen molar-refractivity contribution in [1.82, 2.24) is 10.2 Å². The molecule has 0 saturated heterocycles. The quantitative estimate of drug-likeness (QED) is 0.869. The van der Waals surface area contributed by atoms with E-state index in [2.05, 4.69) is 5.32 Å². The van der Waals surface area contributed by atoms with Gasteiger partial charge in [-0.2, -0.15) is 0 Å². The van der Waals surface area contributed by atoms with Crippen molar-refractivity contribution in [3.63, 3.8) is 0 Å². The number of nitrogens with zero attached hydrogens (tertiary/aromatic N) is 1. The number of halogens is 1. The number of hydrogen-bond donors (Lipinski definition) is 1. The van der Waals surface area contributed by atoms with Gasteiger partial charge >= 0.3 is 0 Å².